The SMILES string of the molecule is CC1OC(c2ccc(Nc3cc(NCc4cc(F)cc(F)c4)c(C(N)=O)cn3)cc2)O1. The fourth-order valence-corrected chi connectivity index (χ4v) is 3.16. The van der Waals surface area contributed by atoms with E-state index in [-0.39, 0.29) is 24.7 Å². The van der Waals surface area contributed by atoms with Gasteiger partial charge in [0.2, 0.25) is 0 Å². The van der Waals surface area contributed by atoms with Crippen LogP contribution in [0.15, 0.2) is 54.7 Å². The second-order valence-corrected chi connectivity index (χ2v) is 7.03. The topological polar surface area (TPSA) is 98.5 Å². The number of pyridine rings is 1. The number of ether oxygens (including phenoxy) is 2. The number of nitrogens with zero attached hydrogens (tertiary/aromatic N) is 1. The van der Waals surface area contributed by atoms with Crippen LogP contribution in [0.25, 0.3) is 0 Å². The first-order chi connectivity index (χ1) is 14.9. The zero-order chi connectivity index (χ0) is 22.0. The van der Waals surface area contributed by atoms with Crippen LogP contribution in [0.3, 0.4) is 0 Å². The molecule has 1 aliphatic heterocycles. The average Bonchev–Trinajstić information content (AvgIpc) is 2.70. The normalized spacial score (nSPS) is 17.6. The highest BCUT2D eigenvalue weighted by Crippen LogP contribution is 2.32. The van der Waals surface area contributed by atoms with E-state index in [9.17, 15) is 13.6 Å². The molecule has 4 N–H and O–H groups in total. The van der Waals surface area contributed by atoms with Crippen molar-refractivity contribution in [2.75, 3.05) is 10.6 Å². The molecule has 0 aliphatic carbocycles. The summed E-state index contributed by atoms with van der Waals surface area (Å²) in [6, 6.07) is 12.2. The van der Waals surface area contributed by atoms with Gasteiger partial charge < -0.3 is 25.8 Å². The molecule has 160 valence electrons. The van der Waals surface area contributed by atoms with E-state index in [0.717, 1.165) is 17.3 Å². The smallest absolute Gasteiger partial charge is 0.252 e. The van der Waals surface area contributed by atoms with Gasteiger partial charge in [-0.15, -0.1) is 0 Å². The van der Waals surface area contributed by atoms with Gasteiger partial charge in [0, 0.05) is 36.1 Å². The highest BCUT2D eigenvalue weighted by molar-refractivity contribution is 5.98. The Hall–Kier alpha value is -3.56. The molecule has 0 saturated carbocycles. The summed E-state index contributed by atoms with van der Waals surface area (Å²) in [7, 11) is 0. The van der Waals surface area contributed by atoms with Crippen molar-refractivity contribution in [2.45, 2.75) is 26.0 Å². The first-order valence-electron chi connectivity index (χ1n) is 9.54. The molecule has 3 aromatic rings. The Morgan fingerprint density at radius 3 is 2.39 bits per heavy atom. The Kier molecular flexibility index (Phi) is 5.79. The van der Waals surface area contributed by atoms with E-state index >= 15 is 0 Å². The van der Waals surface area contributed by atoms with Crippen molar-refractivity contribution in [3.63, 3.8) is 0 Å². The van der Waals surface area contributed by atoms with Crippen molar-refractivity contribution in [3.05, 3.63) is 83.1 Å². The average molecular weight is 426 g/mol. The molecule has 0 radical (unpaired) electrons. The maximum atomic E-state index is 13.4. The van der Waals surface area contributed by atoms with Gasteiger partial charge in [0.05, 0.1) is 11.3 Å². The number of hydrogen-bond donors (Lipinski definition) is 3. The molecule has 0 unspecified atom stereocenters. The summed E-state index contributed by atoms with van der Waals surface area (Å²) in [6.45, 7) is 1.91. The minimum absolute atomic E-state index is 0.0902. The number of aromatic nitrogens is 1. The van der Waals surface area contributed by atoms with Crippen molar-refractivity contribution in [3.8, 4) is 0 Å². The molecule has 0 spiro atoms. The van der Waals surface area contributed by atoms with E-state index in [2.05, 4.69) is 15.6 Å². The molecule has 2 aromatic carbocycles. The summed E-state index contributed by atoms with van der Waals surface area (Å²) < 4.78 is 37.7. The summed E-state index contributed by atoms with van der Waals surface area (Å²) in [5.41, 5.74) is 8.00. The molecule has 7 nitrogen and oxygen atoms in total. The molecule has 9 heteroatoms. The third-order valence-corrected chi connectivity index (χ3v) is 4.66. The van der Waals surface area contributed by atoms with Crippen LogP contribution in [-0.2, 0) is 16.0 Å². The number of amides is 1. The molecular formula is C22H20F2N4O3. The predicted molar refractivity (Wildman–Crippen MR) is 111 cm³/mol. The molecule has 0 atom stereocenters. The zero-order valence-corrected chi connectivity index (χ0v) is 16.6. The molecular weight excluding hydrogens is 406 g/mol. The van der Waals surface area contributed by atoms with Crippen molar-refractivity contribution in [2.24, 2.45) is 5.73 Å². The van der Waals surface area contributed by atoms with Crippen molar-refractivity contribution in [1.82, 2.24) is 4.98 Å². The molecule has 31 heavy (non-hydrogen) atoms. The third kappa shape index (κ3) is 4.96. The Morgan fingerprint density at radius 1 is 1.10 bits per heavy atom. The Morgan fingerprint density at radius 2 is 1.77 bits per heavy atom. The summed E-state index contributed by atoms with van der Waals surface area (Å²) in [6.07, 6.45) is 0.774. The van der Waals surface area contributed by atoms with Crippen LogP contribution in [-0.4, -0.2) is 17.2 Å². The fourth-order valence-electron chi connectivity index (χ4n) is 3.16. The minimum Gasteiger partial charge on any atom is -0.380 e. The van der Waals surface area contributed by atoms with Crippen LogP contribution in [0.5, 0.6) is 0 Å². The van der Waals surface area contributed by atoms with Crippen molar-refractivity contribution >= 4 is 23.1 Å². The summed E-state index contributed by atoms with van der Waals surface area (Å²) in [5.74, 6) is -1.58. The first kappa shape index (κ1) is 20.7. The highest BCUT2D eigenvalue weighted by atomic mass is 19.1. The second kappa shape index (κ2) is 8.66. The summed E-state index contributed by atoms with van der Waals surface area (Å²) >= 11 is 0. The van der Waals surface area contributed by atoms with Gasteiger partial charge in [-0.1, -0.05) is 12.1 Å². The van der Waals surface area contributed by atoms with E-state index in [1.165, 1.54) is 18.3 Å². The molecule has 1 saturated heterocycles. The van der Waals surface area contributed by atoms with E-state index in [0.29, 0.717) is 17.1 Å². The van der Waals surface area contributed by atoms with Gasteiger partial charge in [-0.3, -0.25) is 4.79 Å². The number of halogens is 2. The highest BCUT2D eigenvalue weighted by Gasteiger charge is 2.28. The number of nitrogens with one attached hydrogen (secondary N) is 2. The first-order valence-corrected chi connectivity index (χ1v) is 9.54. The molecule has 0 bridgehead atoms. The fraction of sp³-hybridized carbons (Fsp3) is 0.182. The second-order valence-electron chi connectivity index (χ2n) is 7.03. The zero-order valence-electron chi connectivity index (χ0n) is 16.6. The molecule has 1 amide bonds. The van der Waals surface area contributed by atoms with Crippen LogP contribution in [0.1, 0.15) is 34.7 Å². The van der Waals surface area contributed by atoms with Gasteiger partial charge in [0.1, 0.15) is 17.5 Å². The lowest BCUT2D eigenvalue weighted by Crippen LogP contribution is -2.31. The van der Waals surface area contributed by atoms with E-state index in [4.69, 9.17) is 15.2 Å². The van der Waals surface area contributed by atoms with E-state index in [1.54, 1.807) is 6.07 Å². The maximum absolute atomic E-state index is 13.4. The van der Waals surface area contributed by atoms with Crippen molar-refractivity contribution < 1.29 is 23.0 Å². The lowest BCUT2D eigenvalue weighted by Gasteiger charge is -2.33. The summed E-state index contributed by atoms with van der Waals surface area (Å²) in [4.78, 5) is 16.0. The van der Waals surface area contributed by atoms with Gasteiger partial charge in [-0.25, -0.2) is 13.8 Å². The van der Waals surface area contributed by atoms with E-state index in [1.807, 2.05) is 31.2 Å². The maximum Gasteiger partial charge on any atom is 0.252 e. The van der Waals surface area contributed by atoms with Crippen LogP contribution < -0.4 is 16.4 Å². The van der Waals surface area contributed by atoms with Gasteiger partial charge in [0.25, 0.3) is 5.91 Å². The van der Waals surface area contributed by atoms with Gasteiger partial charge in [-0.2, -0.15) is 0 Å². The predicted octanol–water partition coefficient (Wildman–Crippen LogP) is 4.21. The lowest BCUT2D eigenvalue weighted by molar-refractivity contribution is -0.382. The number of benzene rings is 2. The number of carbonyl (C=O) groups excluding carboxylic acids is 1. The van der Waals surface area contributed by atoms with Gasteiger partial charge in [-0.05, 0) is 36.8 Å². The number of carbonyl (C=O) groups is 1. The molecule has 2 heterocycles. The van der Waals surface area contributed by atoms with Crippen LogP contribution in [0, 0.1) is 11.6 Å². The Bertz CT molecular complexity index is 1080. The molecule has 4 rings (SSSR count). The van der Waals surface area contributed by atoms with Crippen LogP contribution in [0.4, 0.5) is 26.0 Å². The number of nitrogens with two attached hydrogens (primary N) is 1. The van der Waals surface area contributed by atoms with Crippen molar-refractivity contribution in [1.29, 1.82) is 0 Å². The van der Waals surface area contributed by atoms with Crippen LogP contribution >= 0.6 is 0 Å². The monoisotopic (exact) mass is 426 g/mol. The minimum atomic E-state index is -0.681. The Balaban J connectivity index is 1.49. The number of primary amides is 1. The van der Waals surface area contributed by atoms with E-state index < -0.39 is 17.5 Å². The number of rotatable bonds is 7. The molecule has 1 fully saturated rings. The van der Waals surface area contributed by atoms with Gasteiger partial charge >= 0.3 is 0 Å². The number of hydrogen-bond acceptors (Lipinski definition) is 6. The molecule has 1 aromatic heterocycles. The summed E-state index contributed by atoms with van der Waals surface area (Å²) in [5, 5.41) is 6.12. The largest absolute Gasteiger partial charge is 0.380 e. The lowest BCUT2D eigenvalue weighted by atomic mass is 10.1. The van der Waals surface area contributed by atoms with Crippen LogP contribution in [0.2, 0.25) is 0 Å². The van der Waals surface area contributed by atoms with Gasteiger partial charge in [0.15, 0.2) is 12.6 Å². The molecule has 1 aliphatic rings. The Labute approximate surface area is 177 Å². The third-order valence-electron chi connectivity index (χ3n) is 4.66. The quantitative estimate of drug-likeness (QED) is 0.524. The standard InChI is InChI=1S/C22H20F2N4O3/c1-12-30-22(31-12)14-2-4-17(5-3-14)28-20-9-19(18(11-27-20)21(25)29)26-10-13-6-15(23)8-16(24)7-13/h2-9,11-12,22H,10H2,1H3,(H2,25,29)(H2,26,27,28). The number of anilines is 3.